The van der Waals surface area contributed by atoms with Crippen molar-refractivity contribution in [3.63, 3.8) is 0 Å². The highest BCUT2D eigenvalue weighted by molar-refractivity contribution is 5.96. The van der Waals surface area contributed by atoms with E-state index >= 15 is 0 Å². The van der Waals surface area contributed by atoms with Crippen LogP contribution < -0.4 is 11.1 Å². The van der Waals surface area contributed by atoms with Gasteiger partial charge >= 0.3 is 0 Å². The SMILES string of the molecule is Cc1noc(C)c1-c1ncc(NC(=O)[C@H](c2cc(C(N)=O)n(C)n2)C2CCC(C)CC2)cn1. The van der Waals surface area contributed by atoms with Gasteiger partial charge in [0.1, 0.15) is 11.5 Å². The summed E-state index contributed by atoms with van der Waals surface area (Å²) in [6.45, 7) is 5.86. The number of nitrogens with two attached hydrogens (primary N) is 1. The van der Waals surface area contributed by atoms with Gasteiger partial charge in [-0.2, -0.15) is 5.10 Å². The van der Waals surface area contributed by atoms with Gasteiger partial charge in [-0.15, -0.1) is 0 Å². The molecule has 1 aliphatic rings. The summed E-state index contributed by atoms with van der Waals surface area (Å²) in [5.74, 6) is 0.612. The molecule has 0 radical (unpaired) electrons. The third kappa shape index (κ3) is 4.64. The van der Waals surface area contributed by atoms with Crippen LogP contribution in [0.4, 0.5) is 5.69 Å². The normalized spacial score (nSPS) is 19.3. The van der Waals surface area contributed by atoms with Crippen molar-refractivity contribution in [1.82, 2.24) is 24.9 Å². The highest BCUT2D eigenvalue weighted by atomic mass is 16.5. The second-order valence-electron chi connectivity index (χ2n) is 8.92. The maximum absolute atomic E-state index is 13.4. The fourth-order valence-electron chi connectivity index (χ4n) is 4.63. The van der Waals surface area contributed by atoms with Crippen LogP contribution >= 0.6 is 0 Å². The molecule has 10 heteroatoms. The Labute approximate surface area is 192 Å². The minimum absolute atomic E-state index is 0.124. The largest absolute Gasteiger partial charge is 0.364 e. The third-order valence-electron chi connectivity index (χ3n) is 6.46. The minimum atomic E-state index is -0.573. The van der Waals surface area contributed by atoms with Crippen LogP contribution in [0.25, 0.3) is 11.4 Å². The summed E-state index contributed by atoms with van der Waals surface area (Å²) in [6.07, 6.45) is 7.09. The number of aromatic nitrogens is 5. The van der Waals surface area contributed by atoms with E-state index in [2.05, 4.69) is 32.5 Å². The summed E-state index contributed by atoms with van der Waals surface area (Å²) >= 11 is 0. The number of hydrogen-bond acceptors (Lipinski definition) is 7. The van der Waals surface area contributed by atoms with E-state index in [1.165, 1.54) is 4.68 Å². The second kappa shape index (κ2) is 9.13. The van der Waals surface area contributed by atoms with E-state index in [0.717, 1.165) is 31.2 Å². The zero-order valence-electron chi connectivity index (χ0n) is 19.3. The van der Waals surface area contributed by atoms with Crippen LogP contribution in [-0.2, 0) is 11.8 Å². The number of nitrogens with one attached hydrogen (secondary N) is 1. The molecule has 0 unspecified atom stereocenters. The summed E-state index contributed by atoms with van der Waals surface area (Å²) in [4.78, 5) is 34.0. The quantitative estimate of drug-likeness (QED) is 0.586. The Morgan fingerprint density at radius 3 is 2.39 bits per heavy atom. The molecule has 0 saturated heterocycles. The average Bonchev–Trinajstić information content (AvgIpc) is 3.32. The molecule has 4 rings (SSSR count). The first-order chi connectivity index (χ1) is 15.7. The Morgan fingerprint density at radius 1 is 1.18 bits per heavy atom. The van der Waals surface area contributed by atoms with Crippen LogP contribution in [0, 0.1) is 25.7 Å². The predicted molar refractivity (Wildman–Crippen MR) is 121 cm³/mol. The van der Waals surface area contributed by atoms with Crippen molar-refractivity contribution < 1.29 is 14.1 Å². The Morgan fingerprint density at radius 2 is 1.85 bits per heavy atom. The molecular formula is C23H29N7O3. The fraction of sp³-hybridized carbons (Fsp3) is 0.478. The Kier molecular flexibility index (Phi) is 6.26. The molecule has 0 spiro atoms. The maximum Gasteiger partial charge on any atom is 0.266 e. The lowest BCUT2D eigenvalue weighted by atomic mass is 9.75. The zero-order chi connectivity index (χ0) is 23.7. The number of hydrogen-bond donors (Lipinski definition) is 2. The third-order valence-corrected chi connectivity index (χ3v) is 6.46. The summed E-state index contributed by atoms with van der Waals surface area (Å²) in [6, 6.07) is 1.63. The number of primary amides is 1. The van der Waals surface area contributed by atoms with Crippen molar-refractivity contribution in [2.45, 2.75) is 52.4 Å². The van der Waals surface area contributed by atoms with Gasteiger partial charge in [-0.05, 0) is 44.6 Å². The van der Waals surface area contributed by atoms with Gasteiger partial charge in [-0.1, -0.05) is 24.9 Å². The highest BCUT2D eigenvalue weighted by Crippen LogP contribution is 2.38. The van der Waals surface area contributed by atoms with Crippen LogP contribution in [-0.4, -0.2) is 36.7 Å². The van der Waals surface area contributed by atoms with Crippen molar-refractivity contribution in [2.75, 3.05) is 5.32 Å². The number of carbonyl (C=O) groups excluding carboxylic acids is 2. The van der Waals surface area contributed by atoms with Crippen LogP contribution in [0.3, 0.4) is 0 Å². The molecule has 1 aliphatic carbocycles. The summed E-state index contributed by atoms with van der Waals surface area (Å²) in [5, 5.41) is 11.3. The molecule has 3 aromatic heterocycles. The molecule has 3 aromatic rings. The number of rotatable bonds is 6. The number of nitrogens with zero attached hydrogens (tertiary/aromatic N) is 5. The average molecular weight is 452 g/mol. The molecule has 10 nitrogen and oxygen atoms in total. The molecular weight excluding hydrogens is 422 g/mol. The number of aryl methyl sites for hydroxylation is 3. The second-order valence-corrected chi connectivity index (χ2v) is 8.92. The number of carbonyl (C=O) groups is 2. The first-order valence-corrected chi connectivity index (χ1v) is 11.1. The van der Waals surface area contributed by atoms with Gasteiger partial charge in [0.25, 0.3) is 5.91 Å². The maximum atomic E-state index is 13.4. The molecule has 174 valence electrons. The molecule has 0 aliphatic heterocycles. The van der Waals surface area contributed by atoms with E-state index in [-0.39, 0.29) is 17.5 Å². The Bertz CT molecular complexity index is 1140. The molecule has 3 heterocycles. The monoisotopic (exact) mass is 451 g/mol. The Hall–Kier alpha value is -3.56. The van der Waals surface area contributed by atoms with E-state index in [0.29, 0.717) is 34.6 Å². The molecule has 0 bridgehead atoms. The summed E-state index contributed by atoms with van der Waals surface area (Å²) in [7, 11) is 1.66. The topological polar surface area (TPSA) is 142 Å². The summed E-state index contributed by atoms with van der Waals surface area (Å²) in [5.41, 5.74) is 8.23. The van der Waals surface area contributed by atoms with E-state index in [4.69, 9.17) is 10.3 Å². The van der Waals surface area contributed by atoms with Gasteiger partial charge in [0.15, 0.2) is 5.82 Å². The smallest absolute Gasteiger partial charge is 0.266 e. The lowest BCUT2D eigenvalue weighted by Crippen LogP contribution is -2.30. The van der Waals surface area contributed by atoms with E-state index in [9.17, 15) is 9.59 Å². The molecule has 1 saturated carbocycles. The van der Waals surface area contributed by atoms with Crippen LogP contribution in [0.1, 0.15) is 66.2 Å². The van der Waals surface area contributed by atoms with Crippen molar-refractivity contribution >= 4 is 17.5 Å². The van der Waals surface area contributed by atoms with Crippen molar-refractivity contribution in [2.24, 2.45) is 24.6 Å². The van der Waals surface area contributed by atoms with Gasteiger partial charge in [-0.3, -0.25) is 14.3 Å². The van der Waals surface area contributed by atoms with Crippen molar-refractivity contribution in [1.29, 1.82) is 0 Å². The van der Waals surface area contributed by atoms with Gasteiger partial charge in [0.05, 0.1) is 41.0 Å². The first kappa shape index (κ1) is 22.6. The van der Waals surface area contributed by atoms with E-state index in [1.807, 2.05) is 6.92 Å². The van der Waals surface area contributed by atoms with Gasteiger partial charge < -0.3 is 15.6 Å². The van der Waals surface area contributed by atoms with Crippen molar-refractivity contribution in [3.05, 3.63) is 41.3 Å². The lowest BCUT2D eigenvalue weighted by molar-refractivity contribution is -0.119. The van der Waals surface area contributed by atoms with Gasteiger partial charge in [0.2, 0.25) is 5.91 Å². The highest BCUT2D eigenvalue weighted by Gasteiger charge is 2.35. The molecule has 1 fully saturated rings. The lowest BCUT2D eigenvalue weighted by Gasteiger charge is -2.31. The molecule has 3 N–H and O–H groups in total. The van der Waals surface area contributed by atoms with Crippen LogP contribution in [0.15, 0.2) is 23.0 Å². The van der Waals surface area contributed by atoms with E-state index < -0.39 is 11.8 Å². The van der Waals surface area contributed by atoms with Gasteiger partial charge in [-0.25, -0.2) is 9.97 Å². The number of amides is 2. The minimum Gasteiger partial charge on any atom is -0.364 e. The Balaban J connectivity index is 1.59. The van der Waals surface area contributed by atoms with Crippen LogP contribution in [0.2, 0.25) is 0 Å². The zero-order valence-corrected chi connectivity index (χ0v) is 19.3. The summed E-state index contributed by atoms with van der Waals surface area (Å²) < 4.78 is 6.62. The molecule has 0 aromatic carbocycles. The number of anilines is 1. The van der Waals surface area contributed by atoms with Crippen molar-refractivity contribution in [3.8, 4) is 11.4 Å². The molecule has 33 heavy (non-hydrogen) atoms. The molecule has 1 atom stereocenters. The first-order valence-electron chi connectivity index (χ1n) is 11.1. The standard InChI is InChI=1S/C23H29N7O3/c1-12-5-7-15(8-6-12)20(17-9-18(21(24)31)30(4)28-17)23(32)27-16-10-25-22(26-11-16)19-13(2)29-33-14(19)3/h9-12,15,20H,5-8H2,1-4H3,(H2,24,31)(H,27,32)/t12?,15?,20-/m0/s1. The van der Waals surface area contributed by atoms with Gasteiger partial charge in [0, 0.05) is 7.05 Å². The predicted octanol–water partition coefficient (Wildman–Crippen LogP) is 3.13. The van der Waals surface area contributed by atoms with Crippen LogP contribution in [0.5, 0.6) is 0 Å². The fourth-order valence-corrected chi connectivity index (χ4v) is 4.63. The van der Waals surface area contributed by atoms with E-state index in [1.54, 1.807) is 32.4 Å². The molecule has 2 amide bonds.